The van der Waals surface area contributed by atoms with Gasteiger partial charge in [0.15, 0.2) is 0 Å². The lowest BCUT2D eigenvalue weighted by Crippen LogP contribution is -2.48. The molecule has 116 valence electrons. The quantitative estimate of drug-likeness (QED) is 0.842. The lowest BCUT2D eigenvalue weighted by molar-refractivity contribution is -0.0440. The molecule has 2 atom stereocenters. The lowest BCUT2D eigenvalue weighted by Gasteiger charge is -2.34. The maximum absolute atomic E-state index is 12.8. The van der Waals surface area contributed by atoms with Gasteiger partial charge in [-0.25, -0.2) is 8.42 Å². The molecule has 1 aliphatic heterocycles. The van der Waals surface area contributed by atoms with E-state index in [9.17, 15) is 8.42 Å². The zero-order valence-corrected chi connectivity index (χ0v) is 13.5. The van der Waals surface area contributed by atoms with E-state index in [1.807, 2.05) is 26.0 Å². The van der Waals surface area contributed by atoms with Crippen LogP contribution in [0.3, 0.4) is 0 Å². The van der Waals surface area contributed by atoms with Crippen molar-refractivity contribution in [2.75, 3.05) is 13.1 Å². The van der Waals surface area contributed by atoms with Gasteiger partial charge in [0.25, 0.3) is 0 Å². The Morgan fingerprint density at radius 2 is 1.67 bits per heavy atom. The van der Waals surface area contributed by atoms with Crippen LogP contribution in [0, 0.1) is 0 Å². The van der Waals surface area contributed by atoms with Crippen LogP contribution in [0.2, 0.25) is 0 Å². The normalized spacial score (nSPS) is 27.3. The summed E-state index contributed by atoms with van der Waals surface area (Å²) in [4.78, 5) is 0.435. The SMILES string of the molecule is C[C@@H]1CN(S(=O)(=O)c2ccc3c(c2)CCCC3)C[C@@H](C)O1. The van der Waals surface area contributed by atoms with Gasteiger partial charge in [0.2, 0.25) is 10.0 Å². The Balaban J connectivity index is 1.91. The Bertz CT molecular complexity index is 616. The van der Waals surface area contributed by atoms with Crippen molar-refractivity contribution in [1.82, 2.24) is 4.31 Å². The summed E-state index contributed by atoms with van der Waals surface area (Å²) in [5, 5.41) is 0. The van der Waals surface area contributed by atoms with Gasteiger partial charge >= 0.3 is 0 Å². The molecule has 1 aromatic rings. The molecule has 0 unspecified atom stereocenters. The van der Waals surface area contributed by atoms with Gasteiger partial charge in [0.1, 0.15) is 0 Å². The van der Waals surface area contributed by atoms with E-state index in [2.05, 4.69) is 0 Å². The molecular formula is C16H23NO3S. The van der Waals surface area contributed by atoms with Gasteiger partial charge in [-0.05, 0) is 62.8 Å². The van der Waals surface area contributed by atoms with E-state index >= 15 is 0 Å². The van der Waals surface area contributed by atoms with E-state index in [1.165, 1.54) is 17.5 Å². The fraction of sp³-hybridized carbons (Fsp3) is 0.625. The van der Waals surface area contributed by atoms with Crippen LogP contribution in [0.4, 0.5) is 0 Å². The number of morpholine rings is 1. The fourth-order valence-corrected chi connectivity index (χ4v) is 4.99. The molecule has 21 heavy (non-hydrogen) atoms. The van der Waals surface area contributed by atoms with E-state index in [-0.39, 0.29) is 12.2 Å². The summed E-state index contributed by atoms with van der Waals surface area (Å²) < 4.78 is 32.9. The number of fused-ring (bicyclic) bond motifs is 1. The molecule has 1 aromatic carbocycles. The number of benzene rings is 1. The van der Waals surface area contributed by atoms with Crippen LogP contribution in [0.5, 0.6) is 0 Å². The summed E-state index contributed by atoms with van der Waals surface area (Å²) in [6.45, 7) is 4.71. The van der Waals surface area contributed by atoms with Crippen molar-refractivity contribution in [3.63, 3.8) is 0 Å². The zero-order chi connectivity index (χ0) is 15.0. The summed E-state index contributed by atoms with van der Waals surface area (Å²) in [5.41, 5.74) is 2.51. The third-order valence-electron chi connectivity index (χ3n) is 4.34. The molecule has 0 bridgehead atoms. The molecule has 1 saturated heterocycles. The first-order valence-electron chi connectivity index (χ1n) is 7.74. The second kappa shape index (κ2) is 5.71. The van der Waals surface area contributed by atoms with Crippen LogP contribution in [0.15, 0.2) is 23.1 Å². The van der Waals surface area contributed by atoms with Crippen molar-refractivity contribution in [2.24, 2.45) is 0 Å². The van der Waals surface area contributed by atoms with Crippen molar-refractivity contribution in [3.05, 3.63) is 29.3 Å². The van der Waals surface area contributed by atoms with E-state index in [0.717, 1.165) is 19.3 Å². The lowest BCUT2D eigenvalue weighted by atomic mass is 9.92. The maximum atomic E-state index is 12.8. The number of ether oxygens (including phenoxy) is 1. The highest BCUT2D eigenvalue weighted by atomic mass is 32.2. The first-order chi connectivity index (χ1) is 9.96. The molecule has 0 spiro atoms. The minimum Gasteiger partial charge on any atom is -0.373 e. The first kappa shape index (κ1) is 15.0. The second-order valence-electron chi connectivity index (χ2n) is 6.22. The molecule has 2 aliphatic rings. The zero-order valence-electron chi connectivity index (χ0n) is 12.7. The summed E-state index contributed by atoms with van der Waals surface area (Å²) in [6.07, 6.45) is 4.32. The van der Waals surface area contributed by atoms with Gasteiger partial charge in [-0.2, -0.15) is 4.31 Å². The predicted octanol–water partition coefficient (Wildman–Crippen LogP) is 2.36. The topological polar surface area (TPSA) is 46.6 Å². The van der Waals surface area contributed by atoms with Crippen molar-refractivity contribution in [1.29, 1.82) is 0 Å². The Labute approximate surface area is 127 Å². The van der Waals surface area contributed by atoms with Gasteiger partial charge in [0.05, 0.1) is 17.1 Å². The highest BCUT2D eigenvalue weighted by molar-refractivity contribution is 7.89. The number of hydrogen-bond acceptors (Lipinski definition) is 3. The highest BCUT2D eigenvalue weighted by Gasteiger charge is 2.32. The fourth-order valence-electron chi connectivity index (χ4n) is 3.35. The van der Waals surface area contributed by atoms with Crippen LogP contribution >= 0.6 is 0 Å². The van der Waals surface area contributed by atoms with Crippen LogP contribution in [-0.4, -0.2) is 38.0 Å². The van der Waals surface area contributed by atoms with E-state index < -0.39 is 10.0 Å². The van der Waals surface area contributed by atoms with E-state index in [0.29, 0.717) is 18.0 Å². The van der Waals surface area contributed by atoms with Crippen LogP contribution in [0.1, 0.15) is 37.8 Å². The minimum atomic E-state index is -3.41. The summed E-state index contributed by atoms with van der Waals surface area (Å²) >= 11 is 0. The molecule has 0 radical (unpaired) electrons. The summed E-state index contributed by atoms with van der Waals surface area (Å²) in [6, 6.07) is 5.65. The average molecular weight is 309 g/mol. The van der Waals surface area contributed by atoms with Gasteiger partial charge in [-0.1, -0.05) is 6.07 Å². The third-order valence-corrected chi connectivity index (χ3v) is 6.17. The molecule has 3 rings (SSSR count). The van der Waals surface area contributed by atoms with Crippen LogP contribution in [0.25, 0.3) is 0 Å². The van der Waals surface area contributed by atoms with Gasteiger partial charge < -0.3 is 4.74 Å². The number of rotatable bonds is 2. The Kier molecular flexibility index (Phi) is 4.08. The Hall–Kier alpha value is -0.910. The Morgan fingerprint density at radius 3 is 2.33 bits per heavy atom. The number of aryl methyl sites for hydroxylation is 2. The second-order valence-corrected chi connectivity index (χ2v) is 8.15. The maximum Gasteiger partial charge on any atom is 0.243 e. The molecule has 1 fully saturated rings. The molecule has 0 aromatic heterocycles. The number of hydrogen-bond donors (Lipinski definition) is 0. The third kappa shape index (κ3) is 3.00. The van der Waals surface area contributed by atoms with Crippen molar-refractivity contribution in [3.8, 4) is 0 Å². The largest absolute Gasteiger partial charge is 0.373 e. The first-order valence-corrected chi connectivity index (χ1v) is 9.18. The van der Waals surface area contributed by atoms with Crippen molar-refractivity contribution >= 4 is 10.0 Å². The van der Waals surface area contributed by atoms with E-state index in [4.69, 9.17) is 4.74 Å². The van der Waals surface area contributed by atoms with Crippen LogP contribution in [-0.2, 0) is 27.6 Å². The average Bonchev–Trinajstić information content (AvgIpc) is 2.45. The van der Waals surface area contributed by atoms with E-state index in [1.54, 1.807) is 10.4 Å². The van der Waals surface area contributed by atoms with Gasteiger partial charge in [-0.3, -0.25) is 0 Å². The summed E-state index contributed by atoms with van der Waals surface area (Å²) in [7, 11) is -3.41. The molecule has 0 N–H and O–H groups in total. The van der Waals surface area contributed by atoms with Crippen LogP contribution < -0.4 is 0 Å². The predicted molar refractivity (Wildman–Crippen MR) is 81.9 cm³/mol. The molecule has 0 saturated carbocycles. The standard InChI is InChI=1S/C16H23NO3S/c1-12-10-17(11-13(2)20-12)21(18,19)16-8-7-14-5-3-4-6-15(14)9-16/h7-9,12-13H,3-6,10-11H2,1-2H3/t12-,13-/m1/s1. The van der Waals surface area contributed by atoms with Crippen molar-refractivity contribution in [2.45, 2.75) is 56.6 Å². The minimum absolute atomic E-state index is 0.0545. The molecule has 0 amide bonds. The Morgan fingerprint density at radius 1 is 1.05 bits per heavy atom. The molecule has 1 heterocycles. The van der Waals surface area contributed by atoms with Crippen molar-refractivity contribution < 1.29 is 13.2 Å². The van der Waals surface area contributed by atoms with Gasteiger partial charge in [0, 0.05) is 13.1 Å². The molecular weight excluding hydrogens is 286 g/mol. The molecule has 5 heteroatoms. The highest BCUT2D eigenvalue weighted by Crippen LogP contribution is 2.27. The van der Waals surface area contributed by atoms with Gasteiger partial charge in [-0.15, -0.1) is 0 Å². The molecule has 1 aliphatic carbocycles. The molecule has 4 nitrogen and oxygen atoms in total. The number of nitrogens with zero attached hydrogens (tertiary/aromatic N) is 1. The summed E-state index contributed by atoms with van der Waals surface area (Å²) in [5.74, 6) is 0. The monoisotopic (exact) mass is 309 g/mol. The smallest absolute Gasteiger partial charge is 0.243 e. The number of sulfonamides is 1.